The van der Waals surface area contributed by atoms with Crippen LogP contribution in [0.5, 0.6) is 0 Å². The predicted molar refractivity (Wildman–Crippen MR) is 64.1 cm³/mol. The van der Waals surface area contributed by atoms with Crippen molar-refractivity contribution in [1.82, 2.24) is 10.4 Å². The first kappa shape index (κ1) is 13.8. The maximum Gasteiger partial charge on any atom is 0.426 e. The topological polar surface area (TPSA) is 58.6 Å². The van der Waals surface area contributed by atoms with Crippen LogP contribution in [-0.2, 0) is 9.53 Å². The van der Waals surface area contributed by atoms with Crippen LogP contribution in [-0.4, -0.2) is 28.7 Å². The molecule has 1 N–H and O–H groups in total. The summed E-state index contributed by atoms with van der Waals surface area (Å²) in [6.45, 7) is 9.44. The Morgan fingerprint density at radius 1 is 1.47 bits per heavy atom. The van der Waals surface area contributed by atoms with E-state index in [1.165, 1.54) is 5.01 Å². The maximum absolute atomic E-state index is 11.6. The molecule has 0 aromatic heterocycles. The van der Waals surface area contributed by atoms with Gasteiger partial charge in [-0.2, -0.15) is 0 Å². The molecule has 0 spiro atoms. The summed E-state index contributed by atoms with van der Waals surface area (Å²) < 4.78 is 5.13. The third-order valence-electron chi connectivity index (χ3n) is 2.63. The SMILES string of the molecule is CC(C)C1CCC(=O)N1NC(=O)OC(C)(C)C. The Labute approximate surface area is 102 Å². The number of ether oxygens (including phenoxy) is 1. The van der Waals surface area contributed by atoms with Gasteiger partial charge >= 0.3 is 6.09 Å². The van der Waals surface area contributed by atoms with E-state index in [1.54, 1.807) is 20.8 Å². The fraction of sp³-hybridized carbons (Fsp3) is 0.833. The fourth-order valence-electron chi connectivity index (χ4n) is 1.88. The normalized spacial score (nSPS) is 20.9. The number of carbonyl (C=O) groups excluding carboxylic acids is 2. The van der Waals surface area contributed by atoms with Gasteiger partial charge in [0.25, 0.3) is 0 Å². The quantitative estimate of drug-likeness (QED) is 0.806. The number of carbonyl (C=O) groups is 2. The van der Waals surface area contributed by atoms with Crippen molar-refractivity contribution in [3.05, 3.63) is 0 Å². The Bertz CT molecular complexity index is 307. The molecule has 5 heteroatoms. The summed E-state index contributed by atoms with van der Waals surface area (Å²) in [5.74, 6) is 0.269. The molecule has 1 fully saturated rings. The fourth-order valence-corrected chi connectivity index (χ4v) is 1.88. The largest absolute Gasteiger partial charge is 0.443 e. The van der Waals surface area contributed by atoms with Crippen molar-refractivity contribution < 1.29 is 14.3 Å². The average molecular weight is 242 g/mol. The van der Waals surface area contributed by atoms with Gasteiger partial charge in [-0.15, -0.1) is 0 Å². The standard InChI is InChI=1S/C12H22N2O3/c1-8(2)9-6-7-10(15)14(9)13-11(16)17-12(3,4)5/h8-9H,6-7H2,1-5H3,(H,13,16). The molecule has 1 heterocycles. The Kier molecular flexibility index (Phi) is 4.01. The van der Waals surface area contributed by atoms with E-state index < -0.39 is 11.7 Å². The Balaban J connectivity index is 2.60. The van der Waals surface area contributed by atoms with Crippen LogP contribution in [0, 0.1) is 5.92 Å². The molecule has 0 radical (unpaired) electrons. The molecule has 2 amide bonds. The van der Waals surface area contributed by atoms with Gasteiger partial charge in [0.2, 0.25) is 5.91 Å². The first-order chi connectivity index (χ1) is 7.70. The van der Waals surface area contributed by atoms with Crippen LogP contribution in [0.1, 0.15) is 47.5 Å². The van der Waals surface area contributed by atoms with Crippen LogP contribution in [0.3, 0.4) is 0 Å². The molecular formula is C12H22N2O3. The molecule has 98 valence electrons. The lowest BCUT2D eigenvalue weighted by atomic mass is 10.0. The highest BCUT2D eigenvalue weighted by Gasteiger charge is 2.35. The second-order valence-electron chi connectivity index (χ2n) is 5.73. The van der Waals surface area contributed by atoms with E-state index in [0.29, 0.717) is 12.3 Å². The van der Waals surface area contributed by atoms with Crippen molar-refractivity contribution in [2.45, 2.75) is 59.1 Å². The first-order valence-electron chi connectivity index (χ1n) is 6.02. The van der Waals surface area contributed by atoms with Crippen LogP contribution in [0.2, 0.25) is 0 Å². The Morgan fingerprint density at radius 3 is 2.53 bits per heavy atom. The van der Waals surface area contributed by atoms with Crippen molar-refractivity contribution in [3.63, 3.8) is 0 Å². The predicted octanol–water partition coefficient (Wildman–Crippen LogP) is 2.07. The monoisotopic (exact) mass is 242 g/mol. The van der Waals surface area contributed by atoms with E-state index >= 15 is 0 Å². The molecule has 0 aromatic carbocycles. The molecular weight excluding hydrogens is 220 g/mol. The van der Waals surface area contributed by atoms with Crippen molar-refractivity contribution in [3.8, 4) is 0 Å². The lowest BCUT2D eigenvalue weighted by molar-refractivity contribution is -0.132. The van der Waals surface area contributed by atoms with E-state index in [0.717, 1.165) is 6.42 Å². The van der Waals surface area contributed by atoms with Gasteiger partial charge in [-0.25, -0.2) is 15.2 Å². The van der Waals surface area contributed by atoms with Gasteiger partial charge < -0.3 is 4.74 Å². The number of hydrogen-bond acceptors (Lipinski definition) is 3. The van der Waals surface area contributed by atoms with Crippen LogP contribution in [0.25, 0.3) is 0 Å². The van der Waals surface area contributed by atoms with Gasteiger partial charge in [0.15, 0.2) is 0 Å². The highest BCUT2D eigenvalue weighted by Crippen LogP contribution is 2.23. The lowest BCUT2D eigenvalue weighted by Crippen LogP contribution is -2.50. The van der Waals surface area contributed by atoms with Crippen LogP contribution in [0.15, 0.2) is 0 Å². The highest BCUT2D eigenvalue weighted by molar-refractivity contribution is 5.81. The lowest BCUT2D eigenvalue weighted by Gasteiger charge is -2.29. The molecule has 1 aliphatic rings. The van der Waals surface area contributed by atoms with Crippen molar-refractivity contribution in [2.75, 3.05) is 0 Å². The van der Waals surface area contributed by atoms with Gasteiger partial charge in [-0.3, -0.25) is 4.79 Å². The zero-order chi connectivity index (χ0) is 13.2. The van der Waals surface area contributed by atoms with Gasteiger partial charge in [0.1, 0.15) is 5.60 Å². The van der Waals surface area contributed by atoms with Crippen LogP contribution >= 0.6 is 0 Å². The number of amides is 2. The van der Waals surface area contributed by atoms with Crippen molar-refractivity contribution in [1.29, 1.82) is 0 Å². The summed E-state index contributed by atoms with van der Waals surface area (Å²) in [4.78, 5) is 23.2. The molecule has 1 aliphatic heterocycles. The number of rotatable bonds is 2. The minimum Gasteiger partial charge on any atom is -0.443 e. The van der Waals surface area contributed by atoms with E-state index in [4.69, 9.17) is 4.74 Å². The molecule has 1 rings (SSSR count). The zero-order valence-electron chi connectivity index (χ0n) is 11.2. The number of nitrogens with one attached hydrogen (secondary N) is 1. The Hall–Kier alpha value is -1.26. The summed E-state index contributed by atoms with van der Waals surface area (Å²) in [6, 6.07) is 0.0648. The van der Waals surface area contributed by atoms with Gasteiger partial charge in [-0.1, -0.05) is 13.8 Å². The molecule has 0 saturated carbocycles. The third-order valence-corrected chi connectivity index (χ3v) is 2.63. The maximum atomic E-state index is 11.6. The van der Waals surface area contributed by atoms with E-state index in [2.05, 4.69) is 5.43 Å². The number of hydrazine groups is 1. The van der Waals surface area contributed by atoms with Gasteiger partial charge in [-0.05, 0) is 33.1 Å². The zero-order valence-corrected chi connectivity index (χ0v) is 11.2. The molecule has 1 atom stereocenters. The average Bonchev–Trinajstić information content (AvgIpc) is 2.44. The summed E-state index contributed by atoms with van der Waals surface area (Å²) >= 11 is 0. The highest BCUT2D eigenvalue weighted by atomic mass is 16.6. The van der Waals surface area contributed by atoms with E-state index in [9.17, 15) is 9.59 Å². The molecule has 17 heavy (non-hydrogen) atoms. The molecule has 0 aromatic rings. The summed E-state index contributed by atoms with van der Waals surface area (Å²) in [5, 5.41) is 1.42. The molecule has 0 bridgehead atoms. The van der Waals surface area contributed by atoms with Crippen molar-refractivity contribution in [2.24, 2.45) is 5.92 Å². The number of nitrogens with zero attached hydrogens (tertiary/aromatic N) is 1. The summed E-state index contributed by atoms with van der Waals surface area (Å²) in [5.41, 5.74) is 1.98. The second kappa shape index (κ2) is 4.94. The van der Waals surface area contributed by atoms with Crippen LogP contribution in [0.4, 0.5) is 4.79 Å². The van der Waals surface area contributed by atoms with E-state index in [1.807, 2.05) is 13.8 Å². The minimum atomic E-state index is -0.571. The molecule has 5 nitrogen and oxygen atoms in total. The Morgan fingerprint density at radius 2 is 2.06 bits per heavy atom. The van der Waals surface area contributed by atoms with E-state index in [-0.39, 0.29) is 11.9 Å². The molecule has 1 saturated heterocycles. The van der Waals surface area contributed by atoms with Gasteiger partial charge in [0, 0.05) is 6.42 Å². The number of hydrogen-bond donors (Lipinski definition) is 1. The van der Waals surface area contributed by atoms with Crippen molar-refractivity contribution >= 4 is 12.0 Å². The summed E-state index contributed by atoms with van der Waals surface area (Å²) in [7, 11) is 0. The molecule has 1 unspecified atom stereocenters. The molecule has 0 aliphatic carbocycles. The minimum absolute atomic E-state index is 0.0467. The first-order valence-corrected chi connectivity index (χ1v) is 6.02. The smallest absolute Gasteiger partial charge is 0.426 e. The summed E-state index contributed by atoms with van der Waals surface area (Å²) in [6.07, 6.45) is 0.698. The van der Waals surface area contributed by atoms with Crippen LogP contribution < -0.4 is 5.43 Å². The second-order valence-corrected chi connectivity index (χ2v) is 5.73. The van der Waals surface area contributed by atoms with Gasteiger partial charge in [0.05, 0.1) is 6.04 Å². The third kappa shape index (κ3) is 3.91.